The van der Waals surface area contributed by atoms with Crippen LogP contribution < -0.4 is 14.2 Å². The van der Waals surface area contributed by atoms with Gasteiger partial charge in [-0.1, -0.05) is 39.7 Å². The quantitative estimate of drug-likeness (QED) is 0.160. The van der Waals surface area contributed by atoms with Crippen LogP contribution in [-0.2, 0) is 18.0 Å². The zero-order chi connectivity index (χ0) is 26.0. The smallest absolute Gasteiger partial charge is 0.161 e. The Bertz CT molecular complexity index is 882. The predicted octanol–water partition coefficient (Wildman–Crippen LogP) is 6.75. The molecule has 200 valence electrons. The van der Waals surface area contributed by atoms with Crippen molar-refractivity contribution in [2.45, 2.75) is 78.9 Å². The molecular weight excluding hydrogens is 456 g/mol. The summed E-state index contributed by atoms with van der Waals surface area (Å²) in [5.74, 6) is 2.79. The molecule has 6 heteroatoms. The monoisotopic (exact) mass is 500 g/mol. The van der Waals surface area contributed by atoms with Crippen LogP contribution in [0.25, 0.3) is 0 Å². The van der Waals surface area contributed by atoms with Crippen LogP contribution in [0.5, 0.6) is 17.2 Å². The van der Waals surface area contributed by atoms with Crippen LogP contribution in [0.3, 0.4) is 0 Å². The van der Waals surface area contributed by atoms with E-state index in [4.69, 9.17) is 18.9 Å². The Morgan fingerprint density at radius 3 is 2.31 bits per heavy atom. The average Bonchev–Trinajstić information content (AvgIpc) is 2.90. The minimum atomic E-state index is -0.0131. The lowest BCUT2D eigenvalue weighted by Gasteiger charge is -2.15. The molecule has 1 unspecified atom stereocenters. The fourth-order valence-electron chi connectivity index (χ4n) is 3.74. The van der Waals surface area contributed by atoms with E-state index in [9.17, 15) is 9.90 Å². The van der Waals surface area contributed by atoms with Crippen LogP contribution in [0.4, 0.5) is 0 Å². The third kappa shape index (κ3) is 11.0. The molecule has 0 bridgehead atoms. The third-order valence-electron chi connectivity index (χ3n) is 5.99. The Morgan fingerprint density at radius 1 is 0.806 bits per heavy atom. The van der Waals surface area contributed by atoms with Crippen LogP contribution >= 0.6 is 0 Å². The molecule has 0 spiro atoms. The van der Waals surface area contributed by atoms with Gasteiger partial charge >= 0.3 is 0 Å². The van der Waals surface area contributed by atoms with Gasteiger partial charge in [0.1, 0.15) is 12.0 Å². The lowest BCUT2D eigenvalue weighted by molar-refractivity contribution is 0.105. The maximum atomic E-state index is 11.1. The molecule has 1 N–H and O–H groups in total. The molecule has 0 aliphatic carbocycles. The van der Waals surface area contributed by atoms with Gasteiger partial charge in [0.25, 0.3) is 0 Å². The average molecular weight is 501 g/mol. The fraction of sp³-hybridized carbons (Fsp3) is 0.567. The van der Waals surface area contributed by atoms with Crippen LogP contribution in [0.15, 0.2) is 36.4 Å². The Balaban J connectivity index is 1.67. The van der Waals surface area contributed by atoms with Gasteiger partial charge in [-0.15, -0.1) is 0 Å². The van der Waals surface area contributed by atoms with Crippen molar-refractivity contribution in [2.75, 3.05) is 26.4 Å². The van der Waals surface area contributed by atoms with Crippen molar-refractivity contribution in [3.63, 3.8) is 0 Å². The first-order chi connectivity index (χ1) is 17.6. The van der Waals surface area contributed by atoms with Crippen molar-refractivity contribution < 1.29 is 28.8 Å². The Kier molecular flexibility index (Phi) is 14.7. The number of aliphatic hydroxyl groups excluding tert-OH is 1. The van der Waals surface area contributed by atoms with Gasteiger partial charge in [-0.2, -0.15) is 0 Å². The van der Waals surface area contributed by atoms with E-state index < -0.39 is 0 Å². The molecule has 2 aromatic carbocycles. The zero-order valence-corrected chi connectivity index (χ0v) is 22.3. The van der Waals surface area contributed by atoms with E-state index in [0.717, 1.165) is 73.9 Å². The molecule has 2 rings (SSSR count). The second kappa shape index (κ2) is 17.8. The summed E-state index contributed by atoms with van der Waals surface area (Å²) >= 11 is 0. The fourth-order valence-corrected chi connectivity index (χ4v) is 3.74. The molecule has 2 aromatic rings. The van der Waals surface area contributed by atoms with E-state index in [2.05, 4.69) is 20.8 Å². The van der Waals surface area contributed by atoms with Gasteiger partial charge in [-0.25, -0.2) is 0 Å². The first-order valence-corrected chi connectivity index (χ1v) is 13.4. The first kappa shape index (κ1) is 29.7. The number of aldehydes is 1. The summed E-state index contributed by atoms with van der Waals surface area (Å²) in [6.07, 6.45) is 7.98. The summed E-state index contributed by atoms with van der Waals surface area (Å²) in [4.78, 5) is 11.1. The molecular formula is C30H44O6. The Labute approximate surface area is 216 Å². The molecule has 1 atom stereocenters. The second-order valence-electron chi connectivity index (χ2n) is 9.27. The molecule has 0 aliphatic rings. The molecule has 36 heavy (non-hydrogen) atoms. The van der Waals surface area contributed by atoms with E-state index >= 15 is 0 Å². The number of benzene rings is 2. The first-order valence-electron chi connectivity index (χ1n) is 13.4. The summed E-state index contributed by atoms with van der Waals surface area (Å²) in [6, 6.07) is 11.1. The SMILES string of the molecule is CCCCOc1ccc(CO)cc1OCCCCC(C)CCOCc1cc(C=O)ccc1OCCC. The van der Waals surface area contributed by atoms with Crippen molar-refractivity contribution in [3.05, 3.63) is 53.1 Å². The minimum Gasteiger partial charge on any atom is -0.493 e. The zero-order valence-electron chi connectivity index (χ0n) is 22.3. The molecule has 0 fully saturated rings. The molecule has 0 saturated carbocycles. The predicted molar refractivity (Wildman–Crippen MR) is 143 cm³/mol. The highest BCUT2D eigenvalue weighted by atomic mass is 16.5. The van der Waals surface area contributed by atoms with Gasteiger partial charge in [0.2, 0.25) is 0 Å². The van der Waals surface area contributed by atoms with E-state index in [0.29, 0.717) is 50.3 Å². The normalized spacial score (nSPS) is 11.8. The number of rotatable bonds is 20. The number of ether oxygens (including phenoxy) is 4. The van der Waals surface area contributed by atoms with Crippen molar-refractivity contribution in [1.29, 1.82) is 0 Å². The van der Waals surface area contributed by atoms with Crippen molar-refractivity contribution >= 4 is 6.29 Å². The topological polar surface area (TPSA) is 74.2 Å². The van der Waals surface area contributed by atoms with Crippen molar-refractivity contribution in [2.24, 2.45) is 5.92 Å². The number of carbonyl (C=O) groups is 1. The Morgan fingerprint density at radius 2 is 1.56 bits per heavy atom. The van der Waals surface area contributed by atoms with Crippen LogP contribution in [-0.4, -0.2) is 37.8 Å². The number of unbranched alkanes of at least 4 members (excludes halogenated alkanes) is 2. The third-order valence-corrected chi connectivity index (χ3v) is 5.99. The van der Waals surface area contributed by atoms with E-state index in [1.807, 2.05) is 30.3 Å². The molecule has 0 amide bonds. The second-order valence-corrected chi connectivity index (χ2v) is 9.27. The summed E-state index contributed by atoms with van der Waals surface area (Å²) in [5.41, 5.74) is 2.38. The highest BCUT2D eigenvalue weighted by Crippen LogP contribution is 2.29. The largest absolute Gasteiger partial charge is 0.493 e. The highest BCUT2D eigenvalue weighted by molar-refractivity contribution is 5.75. The van der Waals surface area contributed by atoms with E-state index in [1.165, 1.54) is 0 Å². The van der Waals surface area contributed by atoms with Gasteiger partial charge in [-0.05, 0) is 73.9 Å². The highest BCUT2D eigenvalue weighted by Gasteiger charge is 2.09. The molecule has 0 aliphatic heterocycles. The van der Waals surface area contributed by atoms with Gasteiger partial charge in [0.05, 0.1) is 33.0 Å². The van der Waals surface area contributed by atoms with E-state index in [-0.39, 0.29) is 6.61 Å². The number of hydrogen-bond acceptors (Lipinski definition) is 6. The molecule has 6 nitrogen and oxygen atoms in total. The molecule has 0 saturated heterocycles. The molecule has 0 heterocycles. The summed E-state index contributed by atoms with van der Waals surface area (Å²) in [5, 5.41) is 9.44. The molecule has 0 radical (unpaired) electrons. The van der Waals surface area contributed by atoms with Gasteiger partial charge in [0, 0.05) is 17.7 Å². The maximum Gasteiger partial charge on any atom is 0.161 e. The lowest BCUT2D eigenvalue weighted by atomic mass is 10.0. The number of hydrogen-bond donors (Lipinski definition) is 1. The van der Waals surface area contributed by atoms with E-state index in [1.54, 1.807) is 6.07 Å². The molecule has 0 aromatic heterocycles. The number of aliphatic hydroxyl groups is 1. The van der Waals surface area contributed by atoms with Gasteiger partial charge in [0.15, 0.2) is 11.5 Å². The van der Waals surface area contributed by atoms with Crippen LogP contribution in [0.1, 0.15) is 87.2 Å². The standard InChI is InChI=1S/C30H44O6/c1-4-6-16-35-29-13-11-26(22-32)20-30(29)36-17-8-7-9-24(3)14-18-33-23-27-19-25(21-31)10-12-28(27)34-15-5-2/h10-13,19-21,24,32H,4-9,14-18,22-23H2,1-3H3. The summed E-state index contributed by atoms with van der Waals surface area (Å²) in [6.45, 7) is 9.48. The summed E-state index contributed by atoms with van der Waals surface area (Å²) in [7, 11) is 0. The van der Waals surface area contributed by atoms with Gasteiger partial charge < -0.3 is 24.1 Å². The Hall–Kier alpha value is -2.57. The lowest BCUT2D eigenvalue weighted by Crippen LogP contribution is -2.06. The number of carbonyl (C=O) groups excluding carboxylic acids is 1. The minimum absolute atomic E-state index is 0.0131. The van der Waals surface area contributed by atoms with Crippen LogP contribution in [0, 0.1) is 5.92 Å². The van der Waals surface area contributed by atoms with Crippen molar-refractivity contribution in [3.8, 4) is 17.2 Å². The summed E-state index contributed by atoms with van der Waals surface area (Å²) < 4.78 is 23.6. The van der Waals surface area contributed by atoms with Crippen molar-refractivity contribution in [1.82, 2.24) is 0 Å². The maximum absolute atomic E-state index is 11.1. The van der Waals surface area contributed by atoms with Crippen LogP contribution in [0.2, 0.25) is 0 Å². The van der Waals surface area contributed by atoms with Gasteiger partial charge in [-0.3, -0.25) is 4.79 Å².